The Morgan fingerprint density at radius 1 is 1.04 bits per heavy atom. The molecule has 8 heteroatoms. The molecule has 27 heavy (non-hydrogen) atoms. The number of aryl methyl sites for hydroxylation is 2. The first-order valence-electron chi connectivity index (χ1n) is 8.13. The second kappa shape index (κ2) is 6.17. The molecule has 3 heterocycles. The minimum atomic E-state index is -0.471. The zero-order valence-electron chi connectivity index (χ0n) is 14.5. The Morgan fingerprint density at radius 3 is 2.41 bits per heavy atom. The molecule has 3 aromatic rings. The van der Waals surface area contributed by atoms with Gasteiger partial charge >= 0.3 is 0 Å². The van der Waals surface area contributed by atoms with Gasteiger partial charge in [0, 0.05) is 5.56 Å². The molecular weight excluding hydrogens is 348 g/mol. The lowest BCUT2D eigenvalue weighted by Crippen LogP contribution is -2.31. The number of nitrogens with one attached hydrogen (secondary N) is 1. The van der Waals surface area contributed by atoms with Crippen LogP contribution in [0.3, 0.4) is 0 Å². The van der Waals surface area contributed by atoms with Crippen molar-refractivity contribution >= 4 is 29.4 Å². The van der Waals surface area contributed by atoms with E-state index in [-0.39, 0.29) is 11.7 Å². The van der Waals surface area contributed by atoms with Crippen LogP contribution in [0.1, 0.15) is 42.4 Å². The van der Waals surface area contributed by atoms with Crippen LogP contribution in [0.25, 0.3) is 0 Å². The van der Waals surface area contributed by atoms with Crippen molar-refractivity contribution in [2.45, 2.75) is 13.8 Å². The van der Waals surface area contributed by atoms with Crippen molar-refractivity contribution < 1.29 is 18.8 Å². The van der Waals surface area contributed by atoms with Crippen LogP contribution in [-0.2, 0) is 0 Å². The second-order valence-electron chi connectivity index (χ2n) is 6.10. The van der Waals surface area contributed by atoms with Crippen molar-refractivity contribution in [1.82, 2.24) is 9.97 Å². The van der Waals surface area contributed by atoms with Gasteiger partial charge in [-0.2, -0.15) is 0 Å². The minimum absolute atomic E-state index is 0.0484. The predicted molar refractivity (Wildman–Crippen MR) is 95.7 cm³/mol. The van der Waals surface area contributed by atoms with Gasteiger partial charge in [0.2, 0.25) is 5.95 Å². The number of hydrogen-bond acceptors (Lipinski definition) is 6. The predicted octanol–water partition coefficient (Wildman–Crippen LogP) is 2.74. The highest BCUT2D eigenvalue weighted by Crippen LogP contribution is 2.28. The van der Waals surface area contributed by atoms with Gasteiger partial charge in [0.15, 0.2) is 5.76 Å². The molecule has 0 saturated carbocycles. The molecule has 1 N–H and O–H groups in total. The Hall–Kier alpha value is -3.81. The molecule has 1 aliphatic heterocycles. The number of fused-ring (bicyclic) bond motifs is 1. The topological polar surface area (TPSA) is 105 Å². The van der Waals surface area contributed by atoms with Gasteiger partial charge in [0.1, 0.15) is 0 Å². The number of carbonyl (C=O) groups excluding carboxylic acids is 3. The van der Waals surface area contributed by atoms with Crippen LogP contribution in [0.2, 0.25) is 0 Å². The zero-order chi connectivity index (χ0) is 19.1. The maximum Gasteiger partial charge on any atom is 0.291 e. The van der Waals surface area contributed by atoms with Crippen molar-refractivity contribution in [2.75, 3.05) is 10.2 Å². The normalized spacial score (nSPS) is 13.0. The lowest BCUT2D eigenvalue weighted by Gasteiger charge is -2.12. The summed E-state index contributed by atoms with van der Waals surface area (Å²) in [6.07, 6.45) is 4.08. The number of carbonyl (C=O) groups is 3. The number of amides is 3. The first-order valence-corrected chi connectivity index (χ1v) is 8.13. The van der Waals surface area contributed by atoms with Crippen molar-refractivity contribution in [3.05, 3.63) is 70.9 Å². The third kappa shape index (κ3) is 2.67. The Morgan fingerprint density at radius 2 is 1.78 bits per heavy atom. The summed E-state index contributed by atoms with van der Waals surface area (Å²) in [5, 5.41) is 2.61. The Labute approximate surface area is 153 Å². The van der Waals surface area contributed by atoms with Crippen LogP contribution in [0.4, 0.5) is 11.6 Å². The highest BCUT2D eigenvalue weighted by Gasteiger charge is 2.39. The molecule has 0 aliphatic carbocycles. The highest BCUT2D eigenvalue weighted by atomic mass is 16.3. The molecule has 0 saturated heterocycles. The summed E-state index contributed by atoms with van der Waals surface area (Å²) >= 11 is 0. The van der Waals surface area contributed by atoms with E-state index in [1.54, 1.807) is 38.1 Å². The van der Waals surface area contributed by atoms with E-state index in [0.29, 0.717) is 27.9 Å². The maximum absolute atomic E-state index is 12.6. The van der Waals surface area contributed by atoms with Gasteiger partial charge < -0.3 is 9.73 Å². The average molecular weight is 362 g/mol. The average Bonchev–Trinajstić information content (AvgIpc) is 3.18. The van der Waals surface area contributed by atoms with Gasteiger partial charge in [-0.1, -0.05) is 12.1 Å². The molecule has 2 aromatic heterocycles. The summed E-state index contributed by atoms with van der Waals surface area (Å²) in [6, 6.07) is 6.77. The van der Waals surface area contributed by atoms with E-state index in [1.807, 2.05) is 0 Å². The number of aromatic nitrogens is 2. The van der Waals surface area contributed by atoms with E-state index in [9.17, 15) is 14.4 Å². The molecule has 1 aliphatic rings. The Bertz CT molecular complexity index is 1090. The van der Waals surface area contributed by atoms with E-state index in [2.05, 4.69) is 15.3 Å². The molecular formula is C19H14N4O4. The summed E-state index contributed by atoms with van der Waals surface area (Å²) in [4.78, 5) is 46.4. The van der Waals surface area contributed by atoms with E-state index < -0.39 is 17.7 Å². The van der Waals surface area contributed by atoms with Gasteiger partial charge in [0.25, 0.3) is 17.7 Å². The van der Waals surface area contributed by atoms with Gasteiger partial charge in [0.05, 0.1) is 35.5 Å². The SMILES string of the molecule is Cc1ccoc1C(=O)Nc1cnc(N2C(=O)c3cccc(C)c3C2=O)nc1. The molecule has 1 aromatic carbocycles. The van der Waals surface area contributed by atoms with Crippen molar-refractivity contribution in [1.29, 1.82) is 0 Å². The fraction of sp³-hybridized carbons (Fsp3) is 0.105. The second-order valence-corrected chi connectivity index (χ2v) is 6.10. The van der Waals surface area contributed by atoms with E-state index in [0.717, 1.165) is 4.90 Å². The quantitative estimate of drug-likeness (QED) is 0.718. The van der Waals surface area contributed by atoms with Crippen LogP contribution in [0.5, 0.6) is 0 Å². The van der Waals surface area contributed by atoms with Gasteiger partial charge in [-0.3, -0.25) is 14.4 Å². The number of nitrogens with zero attached hydrogens (tertiary/aromatic N) is 3. The van der Waals surface area contributed by atoms with Crippen LogP contribution < -0.4 is 10.2 Å². The largest absolute Gasteiger partial charge is 0.459 e. The monoisotopic (exact) mass is 362 g/mol. The van der Waals surface area contributed by atoms with Crippen LogP contribution in [0.15, 0.2) is 47.3 Å². The first-order chi connectivity index (χ1) is 13.0. The molecule has 3 amide bonds. The van der Waals surface area contributed by atoms with Crippen LogP contribution >= 0.6 is 0 Å². The number of benzene rings is 1. The van der Waals surface area contributed by atoms with Crippen molar-refractivity contribution in [2.24, 2.45) is 0 Å². The number of furan rings is 1. The minimum Gasteiger partial charge on any atom is -0.459 e. The van der Waals surface area contributed by atoms with E-state index in [1.165, 1.54) is 18.7 Å². The molecule has 0 unspecified atom stereocenters. The van der Waals surface area contributed by atoms with Gasteiger partial charge in [-0.25, -0.2) is 14.9 Å². The summed E-state index contributed by atoms with van der Waals surface area (Å²) < 4.78 is 5.13. The Balaban J connectivity index is 1.58. The van der Waals surface area contributed by atoms with Crippen molar-refractivity contribution in [3.8, 4) is 0 Å². The number of hydrogen-bond donors (Lipinski definition) is 1. The molecule has 0 fully saturated rings. The van der Waals surface area contributed by atoms with Crippen molar-refractivity contribution in [3.63, 3.8) is 0 Å². The first kappa shape index (κ1) is 16.6. The summed E-state index contributed by atoms with van der Waals surface area (Å²) in [5.74, 6) is -1.23. The fourth-order valence-electron chi connectivity index (χ4n) is 2.93. The smallest absolute Gasteiger partial charge is 0.291 e. The van der Waals surface area contributed by atoms with Crippen LogP contribution in [0, 0.1) is 13.8 Å². The number of anilines is 2. The third-order valence-electron chi connectivity index (χ3n) is 4.29. The number of imide groups is 1. The van der Waals surface area contributed by atoms with Gasteiger partial charge in [-0.05, 0) is 31.5 Å². The zero-order valence-corrected chi connectivity index (χ0v) is 14.5. The van der Waals surface area contributed by atoms with E-state index in [4.69, 9.17) is 4.42 Å². The summed E-state index contributed by atoms with van der Waals surface area (Å²) in [5.41, 5.74) is 2.41. The lowest BCUT2D eigenvalue weighted by molar-refractivity contribution is 0.0922. The molecule has 8 nitrogen and oxygen atoms in total. The summed E-state index contributed by atoms with van der Waals surface area (Å²) in [7, 11) is 0. The molecule has 0 spiro atoms. The fourth-order valence-corrected chi connectivity index (χ4v) is 2.93. The third-order valence-corrected chi connectivity index (χ3v) is 4.29. The molecule has 0 atom stereocenters. The Kier molecular flexibility index (Phi) is 3.80. The molecule has 0 radical (unpaired) electrons. The standard InChI is InChI=1S/C19H14N4O4/c1-10-4-3-5-13-14(10)18(26)23(17(13)25)19-20-8-12(9-21-19)22-16(24)15-11(2)6-7-27-15/h3-9H,1-2H3,(H,22,24). The number of rotatable bonds is 3. The highest BCUT2D eigenvalue weighted by molar-refractivity contribution is 6.34. The molecule has 134 valence electrons. The van der Waals surface area contributed by atoms with Gasteiger partial charge in [-0.15, -0.1) is 0 Å². The lowest BCUT2D eigenvalue weighted by atomic mass is 10.0. The molecule has 4 rings (SSSR count). The summed E-state index contributed by atoms with van der Waals surface area (Å²) in [6.45, 7) is 3.52. The van der Waals surface area contributed by atoms with Crippen LogP contribution in [-0.4, -0.2) is 27.7 Å². The maximum atomic E-state index is 12.6. The van der Waals surface area contributed by atoms with E-state index >= 15 is 0 Å². The molecule has 0 bridgehead atoms.